The van der Waals surface area contributed by atoms with Crippen LogP contribution < -0.4 is 5.32 Å². The Kier molecular flexibility index (Phi) is 5.68. The van der Waals surface area contributed by atoms with Gasteiger partial charge in [0.05, 0.1) is 11.4 Å². The van der Waals surface area contributed by atoms with Crippen LogP contribution in [0.3, 0.4) is 0 Å². The highest BCUT2D eigenvalue weighted by Gasteiger charge is 2.45. The second-order valence-corrected chi connectivity index (χ2v) is 9.02. The Labute approximate surface area is 129 Å². The lowest BCUT2D eigenvalue weighted by Crippen LogP contribution is -2.55. The minimum atomic E-state index is -3.18. The van der Waals surface area contributed by atoms with Crippen LogP contribution >= 0.6 is 0 Å². The molecule has 2 aliphatic rings. The predicted molar refractivity (Wildman–Crippen MR) is 84.6 cm³/mol. The minimum absolute atomic E-state index is 0.128. The van der Waals surface area contributed by atoms with Gasteiger partial charge in [0.2, 0.25) is 10.0 Å². The second kappa shape index (κ2) is 6.94. The number of nitrogens with zero attached hydrogens (tertiary/aromatic N) is 1. The van der Waals surface area contributed by atoms with Gasteiger partial charge < -0.3 is 10.4 Å². The topological polar surface area (TPSA) is 69.6 Å². The average molecular weight is 318 g/mol. The van der Waals surface area contributed by atoms with E-state index >= 15 is 0 Å². The summed E-state index contributed by atoms with van der Waals surface area (Å²) >= 11 is 0. The fourth-order valence-corrected chi connectivity index (χ4v) is 5.11. The van der Waals surface area contributed by atoms with Crippen molar-refractivity contribution in [3.63, 3.8) is 0 Å². The zero-order valence-corrected chi connectivity index (χ0v) is 14.2. The Balaban J connectivity index is 1.86. The summed E-state index contributed by atoms with van der Waals surface area (Å²) in [6.07, 6.45) is 5.22. The summed E-state index contributed by atoms with van der Waals surface area (Å²) in [6.45, 7) is 5.84. The van der Waals surface area contributed by atoms with Crippen LogP contribution in [0.4, 0.5) is 0 Å². The number of sulfonamides is 1. The number of rotatable bonds is 6. The van der Waals surface area contributed by atoms with Gasteiger partial charge in [-0.2, -0.15) is 0 Å². The molecule has 124 valence electrons. The largest absolute Gasteiger partial charge is 0.390 e. The highest BCUT2D eigenvalue weighted by atomic mass is 32.2. The maximum absolute atomic E-state index is 12.4. The molecule has 2 rings (SSSR count). The maximum Gasteiger partial charge on any atom is 0.214 e. The fourth-order valence-electron chi connectivity index (χ4n) is 3.57. The first-order valence-corrected chi connectivity index (χ1v) is 9.88. The highest BCUT2D eigenvalue weighted by molar-refractivity contribution is 7.89. The number of aliphatic hydroxyl groups is 1. The van der Waals surface area contributed by atoms with Gasteiger partial charge in [-0.15, -0.1) is 0 Å². The molecule has 1 aliphatic carbocycles. The molecule has 1 saturated heterocycles. The molecule has 0 amide bonds. The molecule has 2 unspecified atom stereocenters. The number of nitrogens with one attached hydrogen (secondary N) is 1. The zero-order valence-electron chi connectivity index (χ0n) is 13.3. The van der Waals surface area contributed by atoms with Gasteiger partial charge in [0.15, 0.2) is 0 Å². The van der Waals surface area contributed by atoms with Gasteiger partial charge in [0.25, 0.3) is 0 Å². The molecular weight excluding hydrogens is 288 g/mol. The van der Waals surface area contributed by atoms with E-state index in [0.717, 1.165) is 32.2 Å². The molecule has 2 N–H and O–H groups in total. The van der Waals surface area contributed by atoms with Crippen molar-refractivity contribution < 1.29 is 13.5 Å². The van der Waals surface area contributed by atoms with Crippen LogP contribution in [0.2, 0.25) is 0 Å². The van der Waals surface area contributed by atoms with Crippen molar-refractivity contribution in [3.05, 3.63) is 0 Å². The molecule has 6 heteroatoms. The summed E-state index contributed by atoms with van der Waals surface area (Å²) in [5.41, 5.74) is -0.608. The van der Waals surface area contributed by atoms with Gasteiger partial charge in [-0.05, 0) is 32.2 Å². The van der Waals surface area contributed by atoms with Gasteiger partial charge in [-0.3, -0.25) is 0 Å². The van der Waals surface area contributed by atoms with Crippen LogP contribution in [0.5, 0.6) is 0 Å². The average Bonchev–Trinajstić information content (AvgIpc) is 2.42. The third-order valence-electron chi connectivity index (χ3n) is 4.92. The molecule has 0 aromatic heterocycles. The highest BCUT2D eigenvalue weighted by Crippen LogP contribution is 2.40. The SMILES string of the molecule is CC(C)NCCCS(=O)(=O)N1CCC2(O)CCCCC2C1. The summed E-state index contributed by atoms with van der Waals surface area (Å²) < 4.78 is 26.5. The van der Waals surface area contributed by atoms with Crippen molar-refractivity contribution in [2.45, 2.75) is 64.0 Å². The van der Waals surface area contributed by atoms with E-state index in [1.807, 2.05) is 0 Å². The third kappa shape index (κ3) is 4.41. The second-order valence-electron chi connectivity index (χ2n) is 6.93. The molecule has 0 spiro atoms. The molecule has 5 nitrogen and oxygen atoms in total. The first kappa shape index (κ1) is 17.2. The van der Waals surface area contributed by atoms with E-state index in [2.05, 4.69) is 19.2 Å². The maximum atomic E-state index is 12.4. The number of piperidine rings is 1. The summed E-state index contributed by atoms with van der Waals surface area (Å²) in [6, 6.07) is 0.389. The Hall–Kier alpha value is -0.170. The summed E-state index contributed by atoms with van der Waals surface area (Å²) in [5.74, 6) is 0.335. The monoisotopic (exact) mass is 318 g/mol. The van der Waals surface area contributed by atoms with Crippen LogP contribution in [-0.4, -0.2) is 54.9 Å². The lowest BCUT2D eigenvalue weighted by Gasteiger charge is -2.46. The normalized spacial score (nSPS) is 31.3. The van der Waals surface area contributed by atoms with E-state index in [9.17, 15) is 13.5 Å². The van der Waals surface area contributed by atoms with Crippen molar-refractivity contribution in [1.82, 2.24) is 9.62 Å². The summed E-state index contributed by atoms with van der Waals surface area (Å²) in [5, 5.41) is 13.9. The molecule has 0 aromatic carbocycles. The molecule has 21 heavy (non-hydrogen) atoms. The van der Waals surface area contributed by atoms with Gasteiger partial charge in [-0.25, -0.2) is 12.7 Å². The van der Waals surface area contributed by atoms with Crippen molar-refractivity contribution in [2.24, 2.45) is 5.92 Å². The fraction of sp³-hybridized carbons (Fsp3) is 1.00. The molecule has 0 aromatic rings. The van der Waals surface area contributed by atoms with Crippen molar-refractivity contribution >= 4 is 10.0 Å². The third-order valence-corrected chi connectivity index (χ3v) is 6.84. The molecule has 2 atom stereocenters. The molecule has 0 radical (unpaired) electrons. The molecule has 1 aliphatic heterocycles. The van der Waals surface area contributed by atoms with Crippen LogP contribution in [0.25, 0.3) is 0 Å². The predicted octanol–water partition coefficient (Wildman–Crippen LogP) is 1.33. The van der Waals surface area contributed by atoms with Gasteiger partial charge in [0.1, 0.15) is 0 Å². The molecule has 1 heterocycles. The molecule has 2 fully saturated rings. The zero-order chi connectivity index (χ0) is 15.5. The van der Waals surface area contributed by atoms with E-state index in [1.54, 1.807) is 4.31 Å². The number of fused-ring (bicyclic) bond motifs is 1. The first-order valence-electron chi connectivity index (χ1n) is 8.27. The van der Waals surface area contributed by atoms with Crippen LogP contribution in [0.15, 0.2) is 0 Å². The van der Waals surface area contributed by atoms with Gasteiger partial charge in [-0.1, -0.05) is 26.7 Å². The standard InChI is InChI=1S/C15H30N2O3S/c1-13(2)16-9-5-11-21(19,20)17-10-8-15(18)7-4-3-6-14(15)12-17/h13-14,16,18H,3-12H2,1-2H3. The van der Waals surface area contributed by atoms with E-state index in [1.165, 1.54) is 0 Å². The quantitative estimate of drug-likeness (QED) is 0.725. The van der Waals surface area contributed by atoms with Crippen LogP contribution in [-0.2, 0) is 10.0 Å². The van der Waals surface area contributed by atoms with E-state index in [4.69, 9.17) is 0 Å². The van der Waals surface area contributed by atoms with E-state index in [0.29, 0.717) is 32.0 Å². The lowest BCUT2D eigenvalue weighted by molar-refractivity contribution is -0.0816. The van der Waals surface area contributed by atoms with Crippen molar-refractivity contribution in [2.75, 3.05) is 25.4 Å². The van der Waals surface area contributed by atoms with Crippen molar-refractivity contribution in [3.8, 4) is 0 Å². The van der Waals surface area contributed by atoms with E-state index < -0.39 is 15.6 Å². The van der Waals surface area contributed by atoms with Gasteiger partial charge >= 0.3 is 0 Å². The van der Waals surface area contributed by atoms with E-state index in [-0.39, 0.29) is 11.7 Å². The lowest BCUT2D eigenvalue weighted by atomic mass is 9.72. The number of hydrogen-bond acceptors (Lipinski definition) is 4. The van der Waals surface area contributed by atoms with Gasteiger partial charge in [0, 0.05) is 25.0 Å². The van der Waals surface area contributed by atoms with Crippen LogP contribution in [0.1, 0.15) is 52.4 Å². The Morgan fingerprint density at radius 3 is 2.81 bits per heavy atom. The molecule has 1 saturated carbocycles. The Morgan fingerprint density at radius 2 is 2.10 bits per heavy atom. The minimum Gasteiger partial charge on any atom is -0.390 e. The smallest absolute Gasteiger partial charge is 0.214 e. The molecular formula is C15H30N2O3S. The number of hydrogen-bond donors (Lipinski definition) is 2. The summed E-state index contributed by atoms with van der Waals surface area (Å²) in [7, 11) is -3.18. The molecule has 0 bridgehead atoms. The Morgan fingerprint density at radius 1 is 1.33 bits per heavy atom. The van der Waals surface area contributed by atoms with Crippen molar-refractivity contribution in [1.29, 1.82) is 0 Å². The first-order chi connectivity index (χ1) is 9.83. The Bertz CT molecular complexity index is 438. The summed E-state index contributed by atoms with van der Waals surface area (Å²) in [4.78, 5) is 0. The van der Waals surface area contributed by atoms with Crippen LogP contribution in [0, 0.1) is 5.92 Å².